The zero-order valence-electron chi connectivity index (χ0n) is 18.4. The minimum atomic E-state index is -0.0283. The average Bonchev–Trinajstić information content (AvgIpc) is 3.31. The third kappa shape index (κ3) is 5.94. The Labute approximate surface area is 207 Å². The predicted molar refractivity (Wildman–Crippen MR) is 122 cm³/mol. The Morgan fingerprint density at radius 3 is 2.37 bits per heavy atom. The van der Waals surface area contributed by atoms with Gasteiger partial charge in [0.25, 0.3) is 0 Å². The molecule has 0 spiro atoms. The second-order valence-electron chi connectivity index (χ2n) is 8.69. The molecule has 1 aromatic rings. The summed E-state index contributed by atoms with van der Waals surface area (Å²) in [6.45, 7) is 4.72. The molecule has 0 amide bonds. The Hall–Kier alpha value is 0.164. The number of halogens is 2. The standard InChI is InChI=1S/C17H24P.C9H11.2ClH.Ti/c1-3-5-11-18(12-6-4-2)17-13-15-9-7-8-10-16(15)14-17;1-2-5-9-7-3-6-8(9)4-1;;;/h7-10,13-14H,3-6,11-12H2,1-2H3;1-2,4-6,8-9H,3,7H2;2*1H;/q;;;;+2/p-2. The molecular weight excluding hydrogens is 462 g/mol. The Morgan fingerprint density at radius 2 is 1.63 bits per heavy atom. The van der Waals surface area contributed by atoms with Gasteiger partial charge in [-0.3, -0.25) is 0 Å². The van der Waals surface area contributed by atoms with Crippen molar-refractivity contribution in [2.24, 2.45) is 11.8 Å². The van der Waals surface area contributed by atoms with Crippen molar-refractivity contribution in [2.75, 3.05) is 12.3 Å². The maximum absolute atomic E-state index is 2.66. The number of fused-ring (bicyclic) bond motifs is 2. The van der Waals surface area contributed by atoms with Crippen LogP contribution < -0.4 is 24.8 Å². The number of unbranched alkanes of at least 4 members (excludes halogenated alkanes) is 2. The molecule has 1 aromatic carbocycles. The fraction of sp³-hybridized carbons (Fsp3) is 0.538. The minimum Gasteiger partial charge on any atom is -1.00 e. The third-order valence-electron chi connectivity index (χ3n) is 6.79. The molecule has 0 nitrogen and oxygen atoms in total. The topological polar surface area (TPSA) is 0 Å². The van der Waals surface area contributed by atoms with Crippen molar-refractivity contribution in [3.8, 4) is 0 Å². The first kappa shape index (κ1) is 26.4. The number of hydrogen-bond donors (Lipinski definition) is 0. The van der Waals surface area contributed by atoms with E-state index in [0.717, 1.165) is 20.3 Å². The van der Waals surface area contributed by atoms with Gasteiger partial charge in [0.05, 0.1) is 0 Å². The van der Waals surface area contributed by atoms with Crippen molar-refractivity contribution in [3.05, 3.63) is 65.0 Å². The second kappa shape index (κ2) is 13.0. The van der Waals surface area contributed by atoms with Gasteiger partial charge in [-0.25, -0.2) is 0 Å². The van der Waals surface area contributed by atoms with Gasteiger partial charge in [-0.05, 0) is 0 Å². The molecule has 3 aliphatic rings. The molecule has 4 heteroatoms. The molecular formula is C26H35Cl2PTi. The Balaban J connectivity index is 0.00000160. The number of hydrogen-bond acceptors (Lipinski definition) is 0. The largest absolute Gasteiger partial charge is 1.00 e. The van der Waals surface area contributed by atoms with Crippen LogP contribution in [0.5, 0.6) is 0 Å². The molecule has 0 heterocycles. The number of rotatable bonds is 9. The molecule has 0 bridgehead atoms. The summed E-state index contributed by atoms with van der Waals surface area (Å²) in [4.78, 5) is 0. The molecule has 4 rings (SSSR count). The van der Waals surface area contributed by atoms with Crippen molar-refractivity contribution in [1.29, 1.82) is 0 Å². The number of allylic oxidation sites excluding steroid dienone is 5. The van der Waals surface area contributed by atoms with E-state index < -0.39 is 0 Å². The first-order chi connectivity index (χ1) is 13.8. The summed E-state index contributed by atoms with van der Waals surface area (Å²) in [6.07, 6.45) is 23.6. The van der Waals surface area contributed by atoms with E-state index in [1.54, 1.807) is 11.1 Å². The maximum Gasteiger partial charge on any atom is -1.00 e. The van der Waals surface area contributed by atoms with Crippen LogP contribution in [0.4, 0.5) is 0 Å². The fourth-order valence-corrected chi connectivity index (χ4v) is 12.5. The normalized spacial score (nSPS) is 25.8. The van der Waals surface area contributed by atoms with Crippen LogP contribution in [0.3, 0.4) is 0 Å². The van der Waals surface area contributed by atoms with Gasteiger partial charge in [-0.2, -0.15) is 0 Å². The molecule has 0 aromatic heterocycles. The van der Waals surface area contributed by atoms with Crippen molar-refractivity contribution in [2.45, 2.75) is 60.8 Å². The van der Waals surface area contributed by atoms with E-state index in [1.807, 2.05) is 5.31 Å². The van der Waals surface area contributed by atoms with E-state index in [2.05, 4.69) is 68.5 Å². The Bertz CT molecular complexity index is 749. The molecule has 0 saturated heterocycles. The SMILES string of the molecule is CCCCP(CCCC)C1=Cc2ccccc2[CH]1[Ti+2][CH]1CCC2C=CC=CC21.[Cl-].[Cl-]. The molecule has 1 fully saturated rings. The minimum absolute atomic E-state index is 0. The quantitative estimate of drug-likeness (QED) is 0.363. The van der Waals surface area contributed by atoms with E-state index in [9.17, 15) is 0 Å². The zero-order chi connectivity index (χ0) is 19.3. The second-order valence-corrected chi connectivity index (χ2v) is 13.8. The summed E-state index contributed by atoms with van der Waals surface area (Å²) in [7, 11) is 0.0617. The van der Waals surface area contributed by atoms with E-state index in [4.69, 9.17) is 0 Å². The molecule has 0 N–H and O–H groups in total. The monoisotopic (exact) mass is 496 g/mol. The molecule has 162 valence electrons. The third-order valence-corrected chi connectivity index (χ3v) is 13.2. The smallest absolute Gasteiger partial charge is 1.00 e. The molecule has 4 atom stereocenters. The molecule has 3 aliphatic carbocycles. The Morgan fingerprint density at radius 1 is 0.933 bits per heavy atom. The van der Waals surface area contributed by atoms with Crippen molar-refractivity contribution in [1.82, 2.24) is 0 Å². The van der Waals surface area contributed by atoms with Crippen LogP contribution in [-0.2, 0) is 19.2 Å². The van der Waals surface area contributed by atoms with Crippen LogP contribution in [0.15, 0.2) is 53.9 Å². The molecule has 0 radical (unpaired) electrons. The van der Waals surface area contributed by atoms with E-state index in [1.165, 1.54) is 50.8 Å². The van der Waals surface area contributed by atoms with Crippen LogP contribution in [0.2, 0.25) is 4.22 Å². The first-order valence-electron chi connectivity index (χ1n) is 11.5. The van der Waals surface area contributed by atoms with Gasteiger partial charge in [0.1, 0.15) is 0 Å². The van der Waals surface area contributed by atoms with Gasteiger partial charge < -0.3 is 24.8 Å². The van der Waals surface area contributed by atoms with Gasteiger partial charge in [-0.1, -0.05) is 0 Å². The Kier molecular flexibility index (Phi) is 11.5. The fourth-order valence-electron chi connectivity index (χ4n) is 5.19. The van der Waals surface area contributed by atoms with Gasteiger partial charge in [0, 0.05) is 0 Å². The molecule has 0 aliphatic heterocycles. The van der Waals surface area contributed by atoms with E-state index in [-0.39, 0.29) is 51.9 Å². The summed E-state index contributed by atoms with van der Waals surface area (Å²) >= 11 is -0.0283. The molecule has 30 heavy (non-hydrogen) atoms. The number of benzene rings is 1. The zero-order valence-corrected chi connectivity index (χ0v) is 22.3. The summed E-state index contributed by atoms with van der Waals surface area (Å²) in [5, 5.41) is 1.90. The van der Waals surface area contributed by atoms with Gasteiger partial charge >= 0.3 is 183 Å². The van der Waals surface area contributed by atoms with Crippen molar-refractivity contribution >= 4 is 14.0 Å². The van der Waals surface area contributed by atoms with Crippen LogP contribution >= 0.6 is 7.92 Å². The first-order valence-corrected chi connectivity index (χ1v) is 15.0. The van der Waals surface area contributed by atoms with Crippen LogP contribution in [0, 0.1) is 11.8 Å². The molecule has 4 unspecified atom stereocenters. The molecule has 1 saturated carbocycles. The van der Waals surface area contributed by atoms with Gasteiger partial charge in [-0.15, -0.1) is 0 Å². The van der Waals surface area contributed by atoms with Crippen LogP contribution in [0.1, 0.15) is 67.7 Å². The van der Waals surface area contributed by atoms with Gasteiger partial charge in [0.2, 0.25) is 0 Å². The summed E-state index contributed by atoms with van der Waals surface area (Å²) < 4.78 is 1.80. The van der Waals surface area contributed by atoms with Crippen molar-refractivity contribution in [3.63, 3.8) is 0 Å². The average molecular weight is 497 g/mol. The van der Waals surface area contributed by atoms with Crippen LogP contribution in [-0.4, -0.2) is 12.3 Å². The summed E-state index contributed by atoms with van der Waals surface area (Å²) in [5.41, 5.74) is 3.25. The van der Waals surface area contributed by atoms with Crippen molar-refractivity contribution < 1.29 is 44.0 Å². The maximum atomic E-state index is 2.66. The predicted octanol–water partition coefficient (Wildman–Crippen LogP) is 2.20. The van der Waals surface area contributed by atoms with E-state index >= 15 is 0 Å². The summed E-state index contributed by atoms with van der Waals surface area (Å²) in [6, 6.07) is 9.38. The van der Waals surface area contributed by atoms with E-state index in [0.29, 0.717) is 0 Å². The summed E-state index contributed by atoms with van der Waals surface area (Å²) in [5.74, 6) is 1.68. The van der Waals surface area contributed by atoms with Gasteiger partial charge in [0.15, 0.2) is 0 Å². The van der Waals surface area contributed by atoms with Crippen LogP contribution in [0.25, 0.3) is 6.08 Å².